The molecule has 112 valence electrons. The van der Waals surface area contributed by atoms with Gasteiger partial charge in [0.15, 0.2) is 5.60 Å². The fraction of sp³-hybridized carbons (Fsp3) is 0.571. The zero-order chi connectivity index (χ0) is 15.0. The Hall–Kier alpha value is -1.43. The van der Waals surface area contributed by atoms with Crippen LogP contribution < -0.4 is 9.64 Å². The van der Waals surface area contributed by atoms with Crippen LogP contribution in [-0.2, 0) is 0 Å². The zero-order valence-electron chi connectivity index (χ0n) is 11.4. The highest BCUT2D eigenvalue weighted by Gasteiger charge is 2.56. The smallest absolute Gasteiger partial charge is 0.417 e. The first kappa shape index (κ1) is 15.0. The molecule has 0 saturated carbocycles. The average Bonchev–Trinajstić information content (AvgIpc) is 2.87. The molecule has 0 radical (unpaired) electrons. The monoisotopic (exact) mass is 289 g/mol. The molecule has 0 amide bonds. The minimum Gasteiger partial charge on any atom is -0.495 e. The van der Waals surface area contributed by atoms with Crippen LogP contribution in [0.2, 0.25) is 0 Å². The van der Waals surface area contributed by atoms with E-state index in [9.17, 15) is 18.3 Å². The van der Waals surface area contributed by atoms with Crippen molar-refractivity contribution >= 4 is 5.69 Å². The van der Waals surface area contributed by atoms with E-state index in [1.807, 2.05) is 23.1 Å². The fourth-order valence-corrected chi connectivity index (χ4v) is 2.56. The lowest BCUT2D eigenvalue weighted by molar-refractivity contribution is -0.269. The molecule has 1 N–H and O–H groups in total. The molecule has 3 nitrogen and oxygen atoms in total. The zero-order valence-corrected chi connectivity index (χ0v) is 11.4. The fourth-order valence-electron chi connectivity index (χ4n) is 2.56. The van der Waals surface area contributed by atoms with Crippen LogP contribution >= 0.6 is 0 Å². The molecule has 0 aliphatic carbocycles. The first-order valence-electron chi connectivity index (χ1n) is 6.44. The van der Waals surface area contributed by atoms with E-state index in [-0.39, 0.29) is 6.54 Å². The Morgan fingerprint density at radius 1 is 1.30 bits per heavy atom. The number of aliphatic hydroxyl groups is 1. The Labute approximate surface area is 116 Å². The van der Waals surface area contributed by atoms with Gasteiger partial charge in [0.25, 0.3) is 0 Å². The third-order valence-corrected chi connectivity index (χ3v) is 3.98. The van der Waals surface area contributed by atoms with Crippen LogP contribution in [0.25, 0.3) is 0 Å². The number of hydrogen-bond acceptors (Lipinski definition) is 3. The van der Waals surface area contributed by atoms with E-state index in [0.29, 0.717) is 18.7 Å². The van der Waals surface area contributed by atoms with Crippen molar-refractivity contribution in [2.24, 2.45) is 5.92 Å². The molecule has 1 aromatic carbocycles. The second-order valence-corrected chi connectivity index (χ2v) is 5.25. The number of ether oxygens (including phenoxy) is 1. The van der Waals surface area contributed by atoms with E-state index in [1.54, 1.807) is 6.07 Å². The van der Waals surface area contributed by atoms with E-state index in [0.717, 1.165) is 12.6 Å². The molecule has 20 heavy (non-hydrogen) atoms. The SMILES string of the molecule is COc1ccccc1N1CCC(C(C)(O)C(F)(F)F)C1. The summed E-state index contributed by atoms with van der Waals surface area (Å²) in [7, 11) is 1.53. The number of halogens is 3. The van der Waals surface area contributed by atoms with Gasteiger partial charge in [0.05, 0.1) is 12.8 Å². The summed E-state index contributed by atoms with van der Waals surface area (Å²) in [4.78, 5) is 1.82. The highest BCUT2D eigenvalue weighted by Crippen LogP contribution is 2.42. The predicted octanol–water partition coefficient (Wildman–Crippen LogP) is 2.83. The van der Waals surface area contributed by atoms with Crippen LogP contribution in [0.4, 0.5) is 18.9 Å². The van der Waals surface area contributed by atoms with Gasteiger partial charge in [0, 0.05) is 19.0 Å². The lowest BCUT2D eigenvalue weighted by Gasteiger charge is -2.32. The molecule has 1 aromatic rings. The molecule has 2 unspecified atom stereocenters. The van der Waals surface area contributed by atoms with Gasteiger partial charge < -0.3 is 14.7 Å². The number of alkyl halides is 3. The second kappa shape index (κ2) is 5.16. The van der Waals surface area contributed by atoms with Crippen LogP contribution in [0.1, 0.15) is 13.3 Å². The summed E-state index contributed by atoms with van der Waals surface area (Å²) in [6, 6.07) is 7.20. The Bertz CT molecular complexity index is 474. The molecule has 1 heterocycles. The molecule has 1 fully saturated rings. The average molecular weight is 289 g/mol. The number of hydrogen-bond donors (Lipinski definition) is 1. The van der Waals surface area contributed by atoms with E-state index < -0.39 is 17.7 Å². The number of para-hydroxylation sites is 2. The molecule has 1 aliphatic rings. The number of benzene rings is 1. The van der Waals surface area contributed by atoms with Gasteiger partial charge in [-0.1, -0.05) is 12.1 Å². The van der Waals surface area contributed by atoms with Crippen molar-refractivity contribution in [2.45, 2.75) is 25.1 Å². The summed E-state index contributed by atoms with van der Waals surface area (Å²) >= 11 is 0. The molecule has 2 atom stereocenters. The summed E-state index contributed by atoms with van der Waals surface area (Å²) in [6.45, 7) is 1.48. The standard InChI is InChI=1S/C14H18F3NO2/c1-13(19,14(15,16)17)10-7-8-18(9-10)11-5-3-4-6-12(11)20-2/h3-6,10,19H,7-9H2,1-2H3. The Kier molecular flexibility index (Phi) is 3.86. The van der Waals surface area contributed by atoms with Crippen LogP contribution in [0.3, 0.4) is 0 Å². The normalized spacial score (nSPS) is 22.7. The summed E-state index contributed by atoms with van der Waals surface area (Å²) in [5.41, 5.74) is -1.90. The van der Waals surface area contributed by atoms with E-state index in [1.165, 1.54) is 7.11 Å². The number of methoxy groups -OCH3 is 1. The molecule has 1 aliphatic heterocycles. The number of anilines is 1. The minimum absolute atomic E-state index is 0.160. The molecular formula is C14H18F3NO2. The number of nitrogens with zero attached hydrogens (tertiary/aromatic N) is 1. The van der Waals surface area contributed by atoms with Gasteiger partial charge >= 0.3 is 6.18 Å². The summed E-state index contributed by atoms with van der Waals surface area (Å²) in [6.07, 6.45) is -4.32. The summed E-state index contributed by atoms with van der Waals surface area (Å²) in [5.74, 6) is -0.216. The molecule has 2 rings (SSSR count). The van der Waals surface area contributed by atoms with Gasteiger partial charge in [-0.25, -0.2) is 0 Å². The molecule has 0 spiro atoms. The third kappa shape index (κ3) is 2.57. The van der Waals surface area contributed by atoms with Crippen molar-refractivity contribution in [1.82, 2.24) is 0 Å². The third-order valence-electron chi connectivity index (χ3n) is 3.98. The van der Waals surface area contributed by atoms with Crippen molar-refractivity contribution in [3.8, 4) is 5.75 Å². The van der Waals surface area contributed by atoms with Crippen molar-refractivity contribution in [2.75, 3.05) is 25.1 Å². The maximum absolute atomic E-state index is 12.9. The van der Waals surface area contributed by atoms with Gasteiger partial charge in [-0.05, 0) is 25.5 Å². The van der Waals surface area contributed by atoms with Gasteiger partial charge in [-0.15, -0.1) is 0 Å². The lowest BCUT2D eigenvalue weighted by Crippen LogP contribution is -2.49. The topological polar surface area (TPSA) is 32.7 Å². The van der Waals surface area contributed by atoms with E-state index in [2.05, 4.69) is 0 Å². The summed E-state index contributed by atoms with van der Waals surface area (Å²) < 4.78 is 43.8. The van der Waals surface area contributed by atoms with Crippen LogP contribution in [0.5, 0.6) is 5.75 Å². The minimum atomic E-state index is -4.62. The first-order valence-corrected chi connectivity index (χ1v) is 6.44. The molecule has 0 aromatic heterocycles. The van der Waals surface area contributed by atoms with Crippen molar-refractivity contribution < 1.29 is 23.0 Å². The lowest BCUT2D eigenvalue weighted by atomic mass is 9.88. The Morgan fingerprint density at radius 3 is 2.55 bits per heavy atom. The van der Waals surface area contributed by atoms with Crippen LogP contribution in [0, 0.1) is 5.92 Å². The first-order chi connectivity index (χ1) is 9.27. The highest BCUT2D eigenvalue weighted by molar-refractivity contribution is 5.59. The van der Waals surface area contributed by atoms with Gasteiger partial charge in [-0.2, -0.15) is 13.2 Å². The molecule has 1 saturated heterocycles. The Balaban J connectivity index is 2.17. The van der Waals surface area contributed by atoms with Crippen molar-refractivity contribution in [1.29, 1.82) is 0 Å². The van der Waals surface area contributed by atoms with E-state index in [4.69, 9.17) is 4.74 Å². The molecule has 6 heteroatoms. The van der Waals surface area contributed by atoms with Gasteiger partial charge in [0.1, 0.15) is 5.75 Å². The van der Waals surface area contributed by atoms with Gasteiger partial charge in [0.2, 0.25) is 0 Å². The quantitative estimate of drug-likeness (QED) is 0.928. The predicted molar refractivity (Wildman–Crippen MR) is 70.0 cm³/mol. The number of rotatable bonds is 3. The maximum Gasteiger partial charge on any atom is 0.417 e. The largest absolute Gasteiger partial charge is 0.495 e. The van der Waals surface area contributed by atoms with Crippen LogP contribution in [-0.4, -0.2) is 37.1 Å². The van der Waals surface area contributed by atoms with Crippen LogP contribution in [0.15, 0.2) is 24.3 Å². The maximum atomic E-state index is 12.9. The summed E-state index contributed by atoms with van der Waals surface area (Å²) in [5, 5.41) is 9.76. The van der Waals surface area contributed by atoms with E-state index >= 15 is 0 Å². The van der Waals surface area contributed by atoms with Gasteiger partial charge in [-0.3, -0.25) is 0 Å². The Morgan fingerprint density at radius 2 is 1.95 bits per heavy atom. The highest BCUT2D eigenvalue weighted by atomic mass is 19.4. The second-order valence-electron chi connectivity index (χ2n) is 5.25. The molecular weight excluding hydrogens is 271 g/mol. The van der Waals surface area contributed by atoms with Crippen molar-refractivity contribution in [3.05, 3.63) is 24.3 Å². The van der Waals surface area contributed by atoms with Crippen molar-refractivity contribution in [3.63, 3.8) is 0 Å². The molecule has 0 bridgehead atoms.